The third-order valence-corrected chi connectivity index (χ3v) is 2.08. The van der Waals surface area contributed by atoms with Gasteiger partial charge in [0.1, 0.15) is 19.7 Å². The van der Waals surface area contributed by atoms with Crippen molar-refractivity contribution in [3.05, 3.63) is 40.5 Å². The molecule has 0 radical (unpaired) electrons. The van der Waals surface area contributed by atoms with E-state index in [4.69, 9.17) is 10.2 Å². The predicted octanol–water partition coefficient (Wildman–Crippen LogP) is -1.94. The van der Waals surface area contributed by atoms with Crippen molar-refractivity contribution in [3.63, 3.8) is 0 Å². The van der Waals surface area contributed by atoms with E-state index in [-0.39, 0.29) is 0 Å². The number of aliphatic hydroxyl groups is 2. The average Bonchev–Trinajstić information content (AvgIpc) is 2.33. The van der Waals surface area contributed by atoms with Crippen LogP contribution in [0.2, 0.25) is 0 Å². The molecule has 16 heteroatoms. The molecule has 0 amide bonds. The molecule has 0 aliphatic carbocycles. The summed E-state index contributed by atoms with van der Waals surface area (Å²) in [5.41, 5.74) is 0. The Morgan fingerprint density at radius 2 is 0.850 bits per heavy atom. The second-order valence-electron chi connectivity index (χ2n) is 3.19. The van der Waals surface area contributed by atoms with Crippen LogP contribution in [0.3, 0.4) is 0 Å². The zero-order chi connectivity index (χ0) is 16.5. The summed E-state index contributed by atoms with van der Waals surface area (Å²) in [6.07, 6.45) is -8.07. The van der Waals surface area contributed by atoms with E-state index in [9.17, 15) is 49.2 Å². The van der Waals surface area contributed by atoms with Crippen LogP contribution >= 0.6 is 0 Å². The molecule has 20 heavy (non-hydrogen) atoms. The van der Waals surface area contributed by atoms with Gasteiger partial charge in [-0.05, 0) is 0 Å². The Hall–Kier alpha value is -2.62. The molecule has 2 unspecified atom stereocenters. The van der Waals surface area contributed by atoms with E-state index >= 15 is 0 Å². The Bertz CT molecular complexity index is 398. The molecule has 14 nitrogen and oxygen atoms in total. The smallest absolute Gasteiger partial charge is 0.374 e. The topological polar surface area (TPSA) is 213 Å². The van der Waals surface area contributed by atoms with Crippen molar-refractivity contribution in [1.29, 1.82) is 0 Å². The summed E-state index contributed by atoms with van der Waals surface area (Å²) >= 11 is 0. The molecule has 0 fully saturated rings. The summed E-state index contributed by atoms with van der Waals surface area (Å²) in [6, 6.07) is 0. The molecule has 2 atom stereocenters. The van der Waals surface area contributed by atoms with Gasteiger partial charge in [-0.25, -0.2) is 0 Å². The quantitative estimate of drug-likeness (QED) is 0.229. The standard InChI is InChI=1S/C4H4F2N4O10/c5-3(7(13)14,8(15)16)1(11)2(12)4(6,9(17)18)10(19)20/h1-2,11-12H. The van der Waals surface area contributed by atoms with E-state index in [1.54, 1.807) is 0 Å². The van der Waals surface area contributed by atoms with Crippen molar-refractivity contribution in [2.45, 2.75) is 24.0 Å². The molecule has 0 aromatic heterocycles. The number of alkyl halides is 2. The van der Waals surface area contributed by atoms with Crippen LogP contribution in [0.1, 0.15) is 0 Å². The van der Waals surface area contributed by atoms with Crippen molar-refractivity contribution in [3.8, 4) is 0 Å². The minimum atomic E-state index is -5.19. The third kappa shape index (κ3) is 2.28. The first-order chi connectivity index (χ1) is 8.84. The maximum atomic E-state index is 13.3. The normalized spacial score (nSPS) is 15.2. The van der Waals surface area contributed by atoms with Gasteiger partial charge in [-0.2, -0.15) is 0 Å². The van der Waals surface area contributed by atoms with E-state index in [1.807, 2.05) is 0 Å². The van der Waals surface area contributed by atoms with Crippen molar-refractivity contribution >= 4 is 0 Å². The van der Waals surface area contributed by atoms with E-state index in [1.165, 1.54) is 0 Å². The summed E-state index contributed by atoms with van der Waals surface area (Å²) in [6.45, 7) is 0. The molecule has 0 aromatic carbocycles. The number of rotatable bonds is 7. The number of nitro groups is 4. The predicted molar refractivity (Wildman–Crippen MR) is 47.7 cm³/mol. The van der Waals surface area contributed by atoms with Gasteiger partial charge in [0.2, 0.25) is 0 Å². The minimum absolute atomic E-state index is 2.44. The molecule has 0 spiro atoms. The van der Waals surface area contributed by atoms with Crippen LogP contribution in [0.25, 0.3) is 0 Å². The van der Waals surface area contributed by atoms with Crippen LogP contribution in [0.4, 0.5) is 8.78 Å². The average molecular weight is 306 g/mol. The van der Waals surface area contributed by atoms with Crippen molar-refractivity contribution < 1.29 is 38.7 Å². The third-order valence-electron chi connectivity index (χ3n) is 2.08. The first kappa shape index (κ1) is 17.4. The minimum Gasteiger partial charge on any atom is -0.374 e. The maximum Gasteiger partial charge on any atom is 0.643 e. The molecule has 0 saturated heterocycles. The van der Waals surface area contributed by atoms with Gasteiger partial charge < -0.3 is 10.2 Å². The molecule has 0 saturated carbocycles. The molecule has 114 valence electrons. The number of hydrogen-bond acceptors (Lipinski definition) is 10. The van der Waals surface area contributed by atoms with Crippen molar-refractivity contribution in [1.82, 2.24) is 0 Å². The van der Waals surface area contributed by atoms with Crippen molar-refractivity contribution in [2.24, 2.45) is 0 Å². The molecule has 2 N–H and O–H groups in total. The Morgan fingerprint density at radius 3 is 0.950 bits per heavy atom. The largest absolute Gasteiger partial charge is 0.643 e. The molecule has 0 bridgehead atoms. The van der Waals surface area contributed by atoms with Crippen LogP contribution in [0.15, 0.2) is 0 Å². The van der Waals surface area contributed by atoms with Crippen LogP contribution < -0.4 is 0 Å². The van der Waals surface area contributed by atoms with Gasteiger partial charge in [0.25, 0.3) is 12.2 Å². The highest BCUT2D eigenvalue weighted by molar-refractivity contribution is 4.81. The van der Waals surface area contributed by atoms with E-state index in [0.29, 0.717) is 0 Å². The Kier molecular flexibility index (Phi) is 4.49. The molecule has 0 aromatic rings. The van der Waals surface area contributed by atoms with Gasteiger partial charge in [0, 0.05) is 0 Å². The second kappa shape index (κ2) is 5.17. The molecular formula is C4H4F2N4O10. The highest BCUT2D eigenvalue weighted by Crippen LogP contribution is 2.29. The number of hydrogen-bond donors (Lipinski definition) is 2. The SMILES string of the molecule is O=[N+]([O-])C(F)(C(O)C(O)C(F)([N+](=O)[O-])[N+](=O)[O-])[N+](=O)[O-]. The van der Waals surface area contributed by atoms with Crippen LogP contribution in [0.5, 0.6) is 0 Å². The summed E-state index contributed by atoms with van der Waals surface area (Å²) in [4.78, 5) is 30.8. The molecule has 0 rings (SSSR count). The van der Waals surface area contributed by atoms with Crippen LogP contribution in [0, 0.1) is 40.5 Å². The molecule has 0 aliphatic heterocycles. The van der Waals surface area contributed by atoms with Gasteiger partial charge in [-0.15, -0.1) is 0 Å². The summed E-state index contributed by atoms with van der Waals surface area (Å²) in [5, 5.41) is 58.2. The fraction of sp³-hybridized carbons (Fsp3) is 1.00. The number of nitrogens with zero attached hydrogens (tertiary/aromatic N) is 4. The molecular weight excluding hydrogens is 302 g/mol. The lowest BCUT2D eigenvalue weighted by atomic mass is 10.1. The summed E-state index contributed by atoms with van der Waals surface area (Å²) in [5.74, 6) is -10.4. The lowest BCUT2D eigenvalue weighted by Gasteiger charge is -2.19. The Morgan fingerprint density at radius 1 is 0.700 bits per heavy atom. The van der Waals surface area contributed by atoms with E-state index in [0.717, 1.165) is 0 Å². The molecule has 0 heterocycles. The highest BCUT2D eigenvalue weighted by Gasteiger charge is 2.78. The molecule has 0 aliphatic rings. The first-order valence-electron chi connectivity index (χ1n) is 4.16. The van der Waals surface area contributed by atoms with Gasteiger partial charge in [0.15, 0.2) is 0 Å². The van der Waals surface area contributed by atoms with E-state index in [2.05, 4.69) is 0 Å². The van der Waals surface area contributed by atoms with E-state index < -0.39 is 43.7 Å². The zero-order valence-electron chi connectivity index (χ0n) is 8.86. The fourth-order valence-electron chi connectivity index (χ4n) is 0.967. The Balaban J connectivity index is 5.86. The fourth-order valence-corrected chi connectivity index (χ4v) is 0.967. The van der Waals surface area contributed by atoms with Crippen LogP contribution in [-0.2, 0) is 0 Å². The zero-order valence-corrected chi connectivity index (χ0v) is 8.86. The summed E-state index contributed by atoms with van der Waals surface area (Å²) in [7, 11) is 0. The number of halogens is 2. The monoisotopic (exact) mass is 306 g/mol. The second-order valence-corrected chi connectivity index (χ2v) is 3.19. The van der Waals surface area contributed by atoms with Gasteiger partial charge >= 0.3 is 11.8 Å². The highest BCUT2D eigenvalue weighted by atomic mass is 19.2. The number of aliphatic hydroxyl groups excluding tert-OH is 2. The van der Waals surface area contributed by atoms with Gasteiger partial charge in [0.05, 0.1) is 0 Å². The maximum absolute atomic E-state index is 13.3. The first-order valence-corrected chi connectivity index (χ1v) is 4.16. The summed E-state index contributed by atoms with van der Waals surface area (Å²) < 4.78 is 26.6. The van der Waals surface area contributed by atoms with Crippen LogP contribution in [-0.4, -0.2) is 53.9 Å². The van der Waals surface area contributed by atoms with Gasteiger partial charge in [-0.1, -0.05) is 8.78 Å². The lowest BCUT2D eigenvalue weighted by molar-refractivity contribution is -0.865. The Labute approximate surface area is 104 Å². The van der Waals surface area contributed by atoms with Crippen molar-refractivity contribution in [2.75, 3.05) is 0 Å². The lowest BCUT2D eigenvalue weighted by Crippen LogP contribution is -2.65. The van der Waals surface area contributed by atoms with Gasteiger partial charge in [-0.3, -0.25) is 40.5 Å².